The molecule has 1 aliphatic heterocycles. The van der Waals surface area contributed by atoms with E-state index in [0.29, 0.717) is 6.54 Å². The predicted molar refractivity (Wildman–Crippen MR) is 114 cm³/mol. The van der Waals surface area contributed by atoms with Crippen molar-refractivity contribution in [1.29, 1.82) is 0 Å². The van der Waals surface area contributed by atoms with E-state index in [0.717, 1.165) is 52.3 Å². The van der Waals surface area contributed by atoms with Crippen LogP contribution in [0.2, 0.25) is 0 Å². The van der Waals surface area contributed by atoms with Gasteiger partial charge in [0.2, 0.25) is 5.13 Å². The van der Waals surface area contributed by atoms with Gasteiger partial charge in [-0.15, -0.1) is 12.6 Å². The first kappa shape index (κ1) is 20.3. The van der Waals surface area contributed by atoms with Crippen LogP contribution in [0.15, 0.2) is 47.6 Å². The predicted octanol–water partition coefficient (Wildman–Crippen LogP) is 4.47. The van der Waals surface area contributed by atoms with Crippen molar-refractivity contribution in [2.24, 2.45) is 0 Å². The first-order valence-corrected chi connectivity index (χ1v) is 10.1. The maximum Gasteiger partial charge on any atom is 0.202 e. The van der Waals surface area contributed by atoms with Crippen LogP contribution in [0.5, 0.6) is 17.2 Å². The first-order valence-electron chi connectivity index (χ1n) is 8.85. The van der Waals surface area contributed by atoms with Gasteiger partial charge in [-0.3, -0.25) is 0 Å². The van der Waals surface area contributed by atoms with Crippen molar-refractivity contribution < 1.29 is 14.2 Å². The number of hydrogen-bond donors (Lipinski definition) is 2. The highest BCUT2D eigenvalue weighted by atomic mass is 32.1. The molecule has 0 aliphatic carbocycles. The minimum absolute atomic E-state index is 0.641. The molecular formula is C20H23N3O3S2. The van der Waals surface area contributed by atoms with Gasteiger partial charge in [0, 0.05) is 34.6 Å². The van der Waals surface area contributed by atoms with E-state index in [4.69, 9.17) is 14.2 Å². The van der Waals surface area contributed by atoms with Gasteiger partial charge in [-0.1, -0.05) is 6.07 Å². The van der Waals surface area contributed by atoms with Gasteiger partial charge in [0.1, 0.15) is 23.6 Å². The van der Waals surface area contributed by atoms with Crippen molar-refractivity contribution in [2.45, 2.75) is 24.3 Å². The summed E-state index contributed by atoms with van der Waals surface area (Å²) in [6.07, 6.45) is 3.81. The van der Waals surface area contributed by atoms with Crippen LogP contribution in [0.1, 0.15) is 17.5 Å². The molecule has 0 radical (unpaired) electrons. The van der Waals surface area contributed by atoms with E-state index in [9.17, 15) is 0 Å². The van der Waals surface area contributed by atoms with Crippen molar-refractivity contribution >= 4 is 29.3 Å². The number of hydrogen-bond acceptors (Lipinski definition) is 8. The summed E-state index contributed by atoms with van der Waals surface area (Å²) >= 11 is 5.56. The number of benzene rings is 2. The largest absolute Gasteiger partial charge is 0.497 e. The number of thiol groups is 1. The highest BCUT2D eigenvalue weighted by molar-refractivity contribution is 7.80. The number of rotatable bonds is 5. The molecule has 148 valence electrons. The lowest BCUT2D eigenvalue weighted by Crippen LogP contribution is -2.07. The van der Waals surface area contributed by atoms with Crippen LogP contribution in [-0.4, -0.2) is 30.2 Å². The van der Waals surface area contributed by atoms with Gasteiger partial charge in [-0.25, -0.2) is 4.98 Å². The second-order valence-corrected chi connectivity index (χ2v) is 7.32. The van der Waals surface area contributed by atoms with Crippen molar-refractivity contribution in [3.05, 3.63) is 53.9 Å². The molecule has 0 atom stereocenters. The lowest BCUT2D eigenvalue weighted by molar-refractivity contribution is 0.287. The summed E-state index contributed by atoms with van der Waals surface area (Å²) in [4.78, 5) is 5.03. The third kappa shape index (κ3) is 5.53. The zero-order chi connectivity index (χ0) is 19.8. The summed E-state index contributed by atoms with van der Waals surface area (Å²) < 4.78 is 19.8. The maximum absolute atomic E-state index is 5.46. The Kier molecular flexibility index (Phi) is 7.39. The van der Waals surface area contributed by atoms with Crippen LogP contribution >= 0.6 is 24.2 Å². The van der Waals surface area contributed by atoms with Crippen LogP contribution < -0.4 is 19.5 Å². The highest BCUT2D eigenvalue weighted by Gasteiger charge is 2.09. The highest BCUT2D eigenvalue weighted by Crippen LogP contribution is 2.27. The SMILES string of the molecule is COc1ccc(CNc2ncns2)c(OC)c1.Sc1ccc2c(c1)OCCC2. The number of ether oxygens (including phenoxy) is 3. The standard InChI is InChI=1S/C11H13N3O2S.C9H10OS/c1-15-9-4-3-8(10(5-9)16-2)6-12-11-13-7-14-17-11;11-8-4-3-7-2-1-5-10-9(7)6-8/h3-5,7H,6H2,1-2H3,(H,12,13,14);3-4,6,11H,1-2,5H2. The Labute approximate surface area is 174 Å². The third-order valence-corrected chi connectivity index (χ3v) is 5.08. The molecule has 0 fully saturated rings. The van der Waals surface area contributed by atoms with Crippen LogP contribution in [0.25, 0.3) is 0 Å². The Balaban J connectivity index is 0.000000176. The minimum atomic E-state index is 0.641. The summed E-state index contributed by atoms with van der Waals surface area (Å²) in [5.41, 5.74) is 2.36. The van der Waals surface area contributed by atoms with E-state index < -0.39 is 0 Å². The molecule has 2 heterocycles. The van der Waals surface area contributed by atoms with Gasteiger partial charge in [0.25, 0.3) is 0 Å². The Morgan fingerprint density at radius 1 is 1.18 bits per heavy atom. The molecule has 3 aromatic rings. The van der Waals surface area contributed by atoms with E-state index in [-0.39, 0.29) is 0 Å². The first-order chi connectivity index (χ1) is 13.7. The Bertz CT molecular complexity index is 888. The second-order valence-electron chi connectivity index (χ2n) is 6.02. The average Bonchev–Trinajstić information content (AvgIpc) is 3.26. The van der Waals surface area contributed by atoms with Crippen molar-refractivity contribution in [3.63, 3.8) is 0 Å². The molecular weight excluding hydrogens is 394 g/mol. The van der Waals surface area contributed by atoms with Gasteiger partial charge in [0.05, 0.1) is 20.8 Å². The molecule has 0 amide bonds. The van der Waals surface area contributed by atoms with E-state index in [1.165, 1.54) is 23.4 Å². The zero-order valence-corrected chi connectivity index (χ0v) is 17.6. The quantitative estimate of drug-likeness (QED) is 0.597. The fourth-order valence-electron chi connectivity index (χ4n) is 2.75. The van der Waals surface area contributed by atoms with Gasteiger partial charge in [-0.05, 0) is 42.7 Å². The molecule has 6 nitrogen and oxygen atoms in total. The van der Waals surface area contributed by atoms with E-state index >= 15 is 0 Å². The van der Waals surface area contributed by atoms with Gasteiger partial charge >= 0.3 is 0 Å². The summed E-state index contributed by atoms with van der Waals surface area (Å²) in [7, 11) is 3.27. The topological polar surface area (TPSA) is 65.5 Å². The number of aryl methyl sites for hydroxylation is 1. The van der Waals surface area contributed by atoms with Gasteiger partial charge in [-0.2, -0.15) is 4.37 Å². The molecule has 8 heteroatoms. The summed E-state index contributed by atoms with van der Waals surface area (Å²) in [6.45, 7) is 1.49. The molecule has 2 aromatic carbocycles. The van der Waals surface area contributed by atoms with E-state index in [1.807, 2.05) is 30.3 Å². The molecule has 1 aromatic heterocycles. The number of anilines is 1. The molecule has 0 bridgehead atoms. The van der Waals surface area contributed by atoms with Gasteiger partial charge in [0.15, 0.2) is 0 Å². The molecule has 28 heavy (non-hydrogen) atoms. The second kappa shape index (κ2) is 10.2. The lowest BCUT2D eigenvalue weighted by atomic mass is 10.1. The molecule has 0 saturated heterocycles. The van der Waals surface area contributed by atoms with Crippen LogP contribution in [-0.2, 0) is 13.0 Å². The van der Waals surface area contributed by atoms with Crippen LogP contribution in [0.4, 0.5) is 5.13 Å². The molecule has 0 spiro atoms. The van der Waals surface area contributed by atoms with Crippen LogP contribution in [0.3, 0.4) is 0 Å². The molecule has 0 unspecified atom stereocenters. The maximum atomic E-state index is 5.46. The average molecular weight is 418 g/mol. The van der Waals surface area contributed by atoms with Crippen molar-refractivity contribution in [1.82, 2.24) is 9.36 Å². The molecule has 0 saturated carbocycles. The van der Waals surface area contributed by atoms with E-state index in [2.05, 4.69) is 33.4 Å². The fourth-order valence-corrected chi connectivity index (χ4v) is 3.37. The van der Waals surface area contributed by atoms with Crippen LogP contribution in [0, 0.1) is 0 Å². The third-order valence-electron chi connectivity index (χ3n) is 4.18. The Hall–Kier alpha value is -2.45. The van der Waals surface area contributed by atoms with Crippen molar-refractivity contribution in [3.8, 4) is 17.2 Å². The Morgan fingerprint density at radius 2 is 2.07 bits per heavy atom. The number of methoxy groups -OCH3 is 2. The smallest absolute Gasteiger partial charge is 0.202 e. The monoisotopic (exact) mass is 417 g/mol. The normalized spacial score (nSPS) is 12.1. The zero-order valence-electron chi connectivity index (χ0n) is 15.8. The van der Waals surface area contributed by atoms with E-state index in [1.54, 1.807) is 14.2 Å². The summed E-state index contributed by atoms with van der Waals surface area (Å²) in [6, 6.07) is 11.8. The lowest BCUT2D eigenvalue weighted by Gasteiger charge is -2.16. The Morgan fingerprint density at radius 3 is 2.82 bits per heavy atom. The minimum Gasteiger partial charge on any atom is -0.497 e. The number of aromatic nitrogens is 2. The number of nitrogens with one attached hydrogen (secondary N) is 1. The number of fused-ring (bicyclic) bond motifs is 1. The molecule has 4 rings (SSSR count). The van der Waals surface area contributed by atoms with Gasteiger partial charge < -0.3 is 19.5 Å². The van der Waals surface area contributed by atoms with Crippen molar-refractivity contribution in [2.75, 3.05) is 26.1 Å². The number of nitrogens with zero attached hydrogens (tertiary/aromatic N) is 2. The molecule has 1 aliphatic rings. The summed E-state index contributed by atoms with van der Waals surface area (Å²) in [5.74, 6) is 2.59. The fraction of sp³-hybridized carbons (Fsp3) is 0.300. The molecule has 1 N–H and O–H groups in total. The summed E-state index contributed by atoms with van der Waals surface area (Å²) in [5, 5.41) is 3.97.